The van der Waals surface area contributed by atoms with Crippen LogP contribution in [0, 0.1) is 5.41 Å². The maximum atomic E-state index is 12.6. The van der Waals surface area contributed by atoms with E-state index in [1.807, 2.05) is 0 Å². The Bertz CT molecular complexity index is 487. The third-order valence-corrected chi connectivity index (χ3v) is 4.72. The number of nitrogens with two attached hydrogens (primary N) is 1. The molecule has 0 atom stereocenters. The molecule has 1 aliphatic rings. The monoisotopic (exact) mass is 359 g/mol. The average molecular weight is 361 g/mol. The molecule has 3 N–H and O–H groups in total. The summed E-state index contributed by atoms with van der Waals surface area (Å²) in [5.41, 5.74) is 5.97. The van der Waals surface area contributed by atoms with Crippen LogP contribution >= 0.6 is 27.5 Å². The van der Waals surface area contributed by atoms with Crippen molar-refractivity contribution in [2.24, 2.45) is 11.1 Å². The average Bonchev–Trinajstić information content (AvgIpc) is 2.69. The second-order valence-electron chi connectivity index (χ2n) is 5.34. The zero-order valence-electron chi connectivity index (χ0n) is 11.3. The van der Waals surface area contributed by atoms with Gasteiger partial charge in [-0.3, -0.25) is 4.79 Å². The highest BCUT2D eigenvalue weighted by molar-refractivity contribution is 9.10. The fourth-order valence-corrected chi connectivity index (χ4v) is 3.18. The molecule has 1 aromatic heterocycles. The van der Waals surface area contributed by atoms with Crippen LogP contribution < -0.4 is 11.1 Å². The summed E-state index contributed by atoms with van der Waals surface area (Å²) < 4.78 is 0.778. The minimum atomic E-state index is -0.470. The van der Waals surface area contributed by atoms with Gasteiger partial charge in [0.15, 0.2) is 5.15 Å². The van der Waals surface area contributed by atoms with Gasteiger partial charge in [-0.05, 0) is 34.8 Å². The van der Waals surface area contributed by atoms with E-state index in [2.05, 4.69) is 26.2 Å². The summed E-state index contributed by atoms with van der Waals surface area (Å²) in [5, 5.41) is 3.19. The van der Waals surface area contributed by atoms with Crippen LogP contribution in [0.15, 0.2) is 16.7 Å². The van der Waals surface area contributed by atoms with Gasteiger partial charge in [0.1, 0.15) is 0 Å². The molecule has 0 aliphatic heterocycles. The van der Waals surface area contributed by atoms with Crippen LogP contribution in [0.3, 0.4) is 0 Å². The lowest BCUT2D eigenvalue weighted by Crippen LogP contribution is -2.42. The zero-order valence-corrected chi connectivity index (χ0v) is 13.6. The van der Waals surface area contributed by atoms with Crippen molar-refractivity contribution in [3.8, 4) is 0 Å². The molecule has 0 bridgehead atoms. The van der Waals surface area contributed by atoms with Gasteiger partial charge in [0, 0.05) is 17.2 Å². The summed E-state index contributed by atoms with van der Waals surface area (Å²) in [6.07, 6.45) is 7.73. The molecule has 0 aromatic carbocycles. The molecular formula is C14H19BrClN3O. The third-order valence-electron chi connectivity index (χ3n) is 3.99. The van der Waals surface area contributed by atoms with E-state index in [1.165, 1.54) is 12.8 Å². The first kappa shape index (κ1) is 15.7. The van der Waals surface area contributed by atoms with E-state index in [0.717, 1.165) is 30.2 Å². The number of carbonyl (C=O) groups excluding carboxylic acids is 1. The second-order valence-corrected chi connectivity index (χ2v) is 6.62. The van der Waals surface area contributed by atoms with Crippen molar-refractivity contribution in [3.05, 3.63) is 21.9 Å². The van der Waals surface area contributed by atoms with Gasteiger partial charge >= 0.3 is 0 Å². The number of pyridine rings is 1. The van der Waals surface area contributed by atoms with Gasteiger partial charge < -0.3 is 11.1 Å². The number of nitrogens with zero attached hydrogens (tertiary/aromatic N) is 1. The van der Waals surface area contributed by atoms with Crippen molar-refractivity contribution in [3.63, 3.8) is 0 Å². The van der Waals surface area contributed by atoms with Gasteiger partial charge in [0.2, 0.25) is 5.91 Å². The first-order chi connectivity index (χ1) is 9.57. The highest BCUT2D eigenvalue weighted by atomic mass is 79.9. The molecule has 1 fully saturated rings. The molecule has 0 saturated heterocycles. The number of rotatable bonds is 3. The van der Waals surface area contributed by atoms with Gasteiger partial charge in [0.25, 0.3) is 0 Å². The number of amides is 1. The van der Waals surface area contributed by atoms with Crippen molar-refractivity contribution in [2.75, 3.05) is 11.9 Å². The Hall–Kier alpha value is -0.650. The van der Waals surface area contributed by atoms with Gasteiger partial charge in [-0.25, -0.2) is 4.98 Å². The molecule has 1 heterocycles. The maximum absolute atomic E-state index is 12.6. The molecule has 4 nitrogen and oxygen atoms in total. The molecule has 1 amide bonds. The Labute approximate surface area is 132 Å². The Morgan fingerprint density at radius 3 is 2.65 bits per heavy atom. The second kappa shape index (κ2) is 6.87. The van der Waals surface area contributed by atoms with Gasteiger partial charge in [-0.15, -0.1) is 0 Å². The van der Waals surface area contributed by atoms with Crippen LogP contribution in [-0.2, 0) is 4.79 Å². The Balaban J connectivity index is 2.18. The maximum Gasteiger partial charge on any atom is 0.231 e. The standard InChI is InChI=1S/C14H19BrClN3O/c15-10-7-11(12(16)18-8-10)19-13(20)14(9-17)5-3-1-2-4-6-14/h7-8H,1-6,9,17H2,(H,19,20). The first-order valence-electron chi connectivity index (χ1n) is 6.90. The molecule has 0 spiro atoms. The number of hydrogen-bond acceptors (Lipinski definition) is 3. The zero-order chi connectivity index (χ0) is 14.6. The molecule has 0 radical (unpaired) electrons. The lowest BCUT2D eigenvalue weighted by atomic mass is 9.79. The molecule has 6 heteroatoms. The Morgan fingerprint density at radius 1 is 1.40 bits per heavy atom. The minimum absolute atomic E-state index is 0.0382. The predicted octanol–water partition coefficient (Wildman–Crippen LogP) is 3.74. The summed E-state index contributed by atoms with van der Waals surface area (Å²) in [5.74, 6) is -0.0382. The Kier molecular flexibility index (Phi) is 5.41. The van der Waals surface area contributed by atoms with Crippen molar-refractivity contribution < 1.29 is 4.79 Å². The van der Waals surface area contributed by atoms with E-state index < -0.39 is 5.41 Å². The fraction of sp³-hybridized carbons (Fsp3) is 0.571. The van der Waals surface area contributed by atoms with Crippen LogP contribution in [-0.4, -0.2) is 17.4 Å². The number of anilines is 1. The van der Waals surface area contributed by atoms with E-state index in [1.54, 1.807) is 12.3 Å². The van der Waals surface area contributed by atoms with Crippen molar-refractivity contribution in [1.82, 2.24) is 4.98 Å². The summed E-state index contributed by atoms with van der Waals surface area (Å²) in [6, 6.07) is 1.76. The number of halogens is 2. The minimum Gasteiger partial charge on any atom is -0.329 e. The van der Waals surface area contributed by atoms with Crippen LogP contribution in [0.1, 0.15) is 38.5 Å². The highest BCUT2D eigenvalue weighted by Gasteiger charge is 2.37. The number of hydrogen-bond donors (Lipinski definition) is 2. The molecule has 1 aromatic rings. The normalized spacial score (nSPS) is 18.4. The van der Waals surface area contributed by atoms with Crippen LogP contribution in [0.4, 0.5) is 5.69 Å². The van der Waals surface area contributed by atoms with Crippen molar-refractivity contribution >= 4 is 39.1 Å². The summed E-state index contributed by atoms with van der Waals surface area (Å²) >= 11 is 9.35. The predicted molar refractivity (Wildman–Crippen MR) is 84.8 cm³/mol. The fourth-order valence-electron chi connectivity index (χ4n) is 2.69. The number of aromatic nitrogens is 1. The van der Waals surface area contributed by atoms with E-state index in [4.69, 9.17) is 17.3 Å². The third kappa shape index (κ3) is 3.51. The smallest absolute Gasteiger partial charge is 0.231 e. The first-order valence-corrected chi connectivity index (χ1v) is 8.07. The molecule has 20 heavy (non-hydrogen) atoms. The highest BCUT2D eigenvalue weighted by Crippen LogP contribution is 2.36. The molecular weight excluding hydrogens is 342 g/mol. The van der Waals surface area contributed by atoms with Crippen LogP contribution in [0.2, 0.25) is 5.15 Å². The molecule has 1 aliphatic carbocycles. The summed E-state index contributed by atoms with van der Waals surface area (Å²) in [6.45, 7) is 0.373. The topological polar surface area (TPSA) is 68.0 Å². The number of carbonyl (C=O) groups is 1. The van der Waals surface area contributed by atoms with Crippen molar-refractivity contribution in [1.29, 1.82) is 0 Å². The van der Waals surface area contributed by atoms with E-state index in [0.29, 0.717) is 17.4 Å². The quantitative estimate of drug-likeness (QED) is 0.637. The van der Waals surface area contributed by atoms with E-state index in [9.17, 15) is 4.79 Å². The SMILES string of the molecule is NCC1(C(=O)Nc2cc(Br)cnc2Cl)CCCCCC1. The van der Waals surface area contributed by atoms with Gasteiger partial charge in [-0.1, -0.05) is 37.3 Å². The van der Waals surface area contributed by atoms with Crippen molar-refractivity contribution in [2.45, 2.75) is 38.5 Å². The summed E-state index contributed by atoms with van der Waals surface area (Å²) in [7, 11) is 0. The van der Waals surface area contributed by atoms with E-state index in [-0.39, 0.29) is 5.91 Å². The van der Waals surface area contributed by atoms with E-state index >= 15 is 0 Å². The molecule has 110 valence electrons. The Morgan fingerprint density at radius 2 is 2.05 bits per heavy atom. The lowest BCUT2D eigenvalue weighted by Gasteiger charge is -2.29. The lowest BCUT2D eigenvalue weighted by molar-refractivity contribution is -0.125. The molecule has 0 unspecified atom stereocenters. The largest absolute Gasteiger partial charge is 0.329 e. The number of nitrogens with one attached hydrogen (secondary N) is 1. The molecule has 2 rings (SSSR count). The van der Waals surface area contributed by atoms with Gasteiger partial charge in [-0.2, -0.15) is 0 Å². The summed E-state index contributed by atoms with van der Waals surface area (Å²) in [4.78, 5) is 16.7. The van der Waals surface area contributed by atoms with Gasteiger partial charge in [0.05, 0.1) is 11.1 Å². The van der Waals surface area contributed by atoms with Crippen LogP contribution in [0.25, 0.3) is 0 Å². The molecule has 1 saturated carbocycles. The van der Waals surface area contributed by atoms with Crippen LogP contribution in [0.5, 0.6) is 0 Å².